The van der Waals surface area contributed by atoms with E-state index < -0.39 is 0 Å². The topological polar surface area (TPSA) is 29.3 Å². The molecule has 1 aliphatic carbocycles. The Labute approximate surface area is 116 Å². The Balaban J connectivity index is 2.20. The van der Waals surface area contributed by atoms with E-state index in [-0.39, 0.29) is 11.9 Å². The third-order valence-electron chi connectivity index (χ3n) is 3.98. The predicted octanol–water partition coefficient (Wildman–Crippen LogP) is 3.32. The largest absolute Gasteiger partial charge is 0.329 e. The zero-order chi connectivity index (χ0) is 13.3. The van der Waals surface area contributed by atoms with Crippen LogP contribution in [0.1, 0.15) is 31.4 Å². The van der Waals surface area contributed by atoms with Crippen molar-refractivity contribution in [3.8, 4) is 0 Å². The van der Waals surface area contributed by atoms with Crippen LogP contribution in [0.15, 0.2) is 22.7 Å². The highest BCUT2D eigenvalue weighted by atomic mass is 79.9. The quantitative estimate of drug-likeness (QED) is 0.903. The summed E-state index contributed by atoms with van der Waals surface area (Å²) in [6.45, 7) is 2.64. The van der Waals surface area contributed by atoms with E-state index in [1.807, 2.05) is 19.2 Å². The molecule has 1 fully saturated rings. The second kappa shape index (κ2) is 5.68. The number of nitrogens with zero attached hydrogens (tertiary/aromatic N) is 1. The predicted molar refractivity (Wildman–Crippen MR) is 75.8 cm³/mol. The highest BCUT2D eigenvalue weighted by molar-refractivity contribution is 9.10. The molecule has 0 aromatic heterocycles. The first-order valence-electron chi connectivity index (χ1n) is 6.41. The molecule has 2 rings (SSSR count). The van der Waals surface area contributed by atoms with Crippen molar-refractivity contribution >= 4 is 15.9 Å². The van der Waals surface area contributed by atoms with Crippen molar-refractivity contribution < 1.29 is 4.39 Å². The second-order valence-electron chi connectivity index (χ2n) is 5.16. The highest BCUT2D eigenvalue weighted by Crippen LogP contribution is 2.37. The van der Waals surface area contributed by atoms with Gasteiger partial charge in [-0.05, 0) is 44.9 Å². The minimum absolute atomic E-state index is 0.0475. The number of benzene rings is 1. The number of hydrogen-bond acceptors (Lipinski definition) is 2. The Hall–Kier alpha value is -0.450. The molecule has 2 atom stereocenters. The van der Waals surface area contributed by atoms with E-state index >= 15 is 0 Å². The fourth-order valence-corrected chi connectivity index (χ4v) is 2.81. The molecule has 0 bridgehead atoms. The van der Waals surface area contributed by atoms with Crippen molar-refractivity contribution in [1.82, 2.24) is 4.90 Å². The molecule has 0 amide bonds. The minimum Gasteiger partial charge on any atom is -0.329 e. The Kier molecular flexibility index (Phi) is 4.41. The summed E-state index contributed by atoms with van der Waals surface area (Å²) in [4.78, 5) is 2.21. The lowest BCUT2D eigenvalue weighted by Gasteiger charge is -2.33. The van der Waals surface area contributed by atoms with E-state index in [0.717, 1.165) is 10.4 Å². The number of hydrogen-bond donors (Lipinski definition) is 1. The van der Waals surface area contributed by atoms with Crippen LogP contribution in [0.2, 0.25) is 0 Å². The van der Waals surface area contributed by atoms with Crippen molar-refractivity contribution in [2.45, 2.75) is 31.8 Å². The number of rotatable bonds is 5. The zero-order valence-corrected chi connectivity index (χ0v) is 12.5. The first kappa shape index (κ1) is 14.0. The maximum atomic E-state index is 14.0. The SMILES string of the molecule is CC(C1CC1)N(C)C(CN)c1ccc(Br)cc1F. The van der Waals surface area contributed by atoms with Gasteiger partial charge in [0.05, 0.1) is 0 Å². The van der Waals surface area contributed by atoms with E-state index in [0.29, 0.717) is 18.2 Å². The average molecular weight is 315 g/mol. The van der Waals surface area contributed by atoms with Gasteiger partial charge >= 0.3 is 0 Å². The highest BCUT2D eigenvalue weighted by Gasteiger charge is 2.33. The number of nitrogens with two attached hydrogens (primary N) is 1. The number of halogens is 2. The summed E-state index contributed by atoms with van der Waals surface area (Å²) in [5.41, 5.74) is 6.54. The lowest BCUT2D eigenvalue weighted by molar-refractivity contribution is 0.168. The monoisotopic (exact) mass is 314 g/mol. The smallest absolute Gasteiger partial charge is 0.129 e. The van der Waals surface area contributed by atoms with Crippen LogP contribution in [0.25, 0.3) is 0 Å². The Bertz CT molecular complexity index is 420. The molecule has 4 heteroatoms. The van der Waals surface area contributed by atoms with Crippen LogP contribution in [-0.2, 0) is 0 Å². The van der Waals surface area contributed by atoms with Gasteiger partial charge in [-0.15, -0.1) is 0 Å². The van der Waals surface area contributed by atoms with Crippen LogP contribution in [0.3, 0.4) is 0 Å². The Morgan fingerprint density at radius 2 is 2.17 bits per heavy atom. The molecule has 2 nitrogen and oxygen atoms in total. The molecule has 1 aromatic rings. The van der Waals surface area contributed by atoms with Crippen molar-refractivity contribution in [3.05, 3.63) is 34.1 Å². The second-order valence-corrected chi connectivity index (χ2v) is 6.08. The molecular weight excluding hydrogens is 295 g/mol. The maximum Gasteiger partial charge on any atom is 0.129 e. The van der Waals surface area contributed by atoms with Crippen LogP contribution in [0.5, 0.6) is 0 Å². The van der Waals surface area contributed by atoms with Crippen LogP contribution in [0.4, 0.5) is 4.39 Å². The van der Waals surface area contributed by atoms with Crippen LogP contribution in [-0.4, -0.2) is 24.5 Å². The molecule has 1 saturated carbocycles. The first-order chi connectivity index (χ1) is 8.54. The summed E-state index contributed by atoms with van der Waals surface area (Å²) in [5.74, 6) is 0.567. The van der Waals surface area contributed by atoms with Crippen molar-refractivity contribution in [1.29, 1.82) is 0 Å². The van der Waals surface area contributed by atoms with Gasteiger partial charge in [-0.25, -0.2) is 4.39 Å². The summed E-state index contributed by atoms with van der Waals surface area (Å²) in [5, 5.41) is 0. The maximum absolute atomic E-state index is 14.0. The van der Waals surface area contributed by atoms with E-state index in [4.69, 9.17) is 5.73 Å². The molecule has 0 radical (unpaired) electrons. The summed E-state index contributed by atoms with van der Waals surface area (Å²) in [6, 6.07) is 5.62. The van der Waals surface area contributed by atoms with Crippen molar-refractivity contribution in [2.24, 2.45) is 11.7 Å². The normalized spacial score (nSPS) is 19.0. The first-order valence-corrected chi connectivity index (χ1v) is 7.20. The Morgan fingerprint density at radius 3 is 2.67 bits per heavy atom. The van der Waals surface area contributed by atoms with Gasteiger partial charge in [0.25, 0.3) is 0 Å². The van der Waals surface area contributed by atoms with Crippen LogP contribution in [0, 0.1) is 11.7 Å². The van der Waals surface area contributed by atoms with Gasteiger partial charge in [-0.1, -0.05) is 22.0 Å². The molecule has 2 unspecified atom stereocenters. The molecule has 0 heterocycles. The fraction of sp³-hybridized carbons (Fsp3) is 0.571. The van der Waals surface area contributed by atoms with Gasteiger partial charge in [-0.2, -0.15) is 0 Å². The van der Waals surface area contributed by atoms with Gasteiger partial charge in [0, 0.05) is 28.7 Å². The molecule has 1 aliphatic rings. The molecule has 0 saturated heterocycles. The van der Waals surface area contributed by atoms with Crippen molar-refractivity contribution in [2.75, 3.05) is 13.6 Å². The third-order valence-corrected chi connectivity index (χ3v) is 4.48. The van der Waals surface area contributed by atoms with Crippen molar-refractivity contribution in [3.63, 3.8) is 0 Å². The van der Waals surface area contributed by atoms with Gasteiger partial charge in [0.15, 0.2) is 0 Å². The number of likely N-dealkylation sites (N-methyl/N-ethyl adjacent to an activating group) is 1. The fourth-order valence-electron chi connectivity index (χ4n) is 2.48. The van der Waals surface area contributed by atoms with Gasteiger partial charge in [0.1, 0.15) is 5.82 Å². The Morgan fingerprint density at radius 1 is 1.50 bits per heavy atom. The minimum atomic E-state index is -0.185. The van der Waals surface area contributed by atoms with E-state index in [1.165, 1.54) is 18.9 Å². The lowest BCUT2D eigenvalue weighted by atomic mass is 10.0. The molecule has 100 valence electrons. The van der Waals surface area contributed by atoms with Gasteiger partial charge in [0.2, 0.25) is 0 Å². The molecule has 1 aromatic carbocycles. The summed E-state index contributed by atoms with van der Waals surface area (Å²) < 4.78 is 14.8. The van der Waals surface area contributed by atoms with Gasteiger partial charge in [-0.3, -0.25) is 4.90 Å². The zero-order valence-electron chi connectivity index (χ0n) is 10.9. The molecule has 2 N–H and O–H groups in total. The van der Waals surface area contributed by atoms with Gasteiger partial charge < -0.3 is 5.73 Å². The standard InChI is InChI=1S/C14H20BrFN2/c1-9(10-3-4-10)18(2)14(8-17)12-6-5-11(15)7-13(12)16/h5-7,9-10,14H,3-4,8,17H2,1-2H3. The van der Waals surface area contributed by atoms with E-state index in [9.17, 15) is 4.39 Å². The lowest BCUT2D eigenvalue weighted by Crippen LogP contribution is -2.38. The molecule has 18 heavy (non-hydrogen) atoms. The summed E-state index contributed by atoms with van der Waals surface area (Å²) in [7, 11) is 2.04. The summed E-state index contributed by atoms with van der Waals surface area (Å²) >= 11 is 3.28. The molecule has 0 aliphatic heterocycles. The van der Waals surface area contributed by atoms with E-state index in [1.54, 1.807) is 0 Å². The summed E-state index contributed by atoms with van der Waals surface area (Å²) in [6.07, 6.45) is 2.57. The molecular formula is C14H20BrFN2. The van der Waals surface area contributed by atoms with E-state index in [2.05, 4.69) is 27.8 Å². The van der Waals surface area contributed by atoms with Crippen LogP contribution < -0.4 is 5.73 Å². The third kappa shape index (κ3) is 2.92. The van der Waals surface area contributed by atoms with Crippen LogP contribution >= 0.6 is 15.9 Å². The molecule has 0 spiro atoms. The average Bonchev–Trinajstić information content (AvgIpc) is 3.15.